The van der Waals surface area contributed by atoms with Crippen molar-refractivity contribution in [1.29, 1.82) is 0 Å². The highest BCUT2D eigenvalue weighted by molar-refractivity contribution is 6.32. The summed E-state index contributed by atoms with van der Waals surface area (Å²) in [6.45, 7) is 0.991. The van der Waals surface area contributed by atoms with Gasteiger partial charge in [0.2, 0.25) is 0 Å². The molecule has 8 heteroatoms. The molecule has 2 aromatic carbocycles. The van der Waals surface area contributed by atoms with Crippen LogP contribution in [-0.2, 0) is 23.1 Å². The average molecular weight is 383 g/mol. The number of imide groups is 1. The smallest absolute Gasteiger partial charge is 0.319 e. The van der Waals surface area contributed by atoms with Crippen LogP contribution in [0.15, 0.2) is 48.5 Å². The Morgan fingerprint density at radius 1 is 1.08 bits per heavy atom. The summed E-state index contributed by atoms with van der Waals surface area (Å²) < 4.78 is 39.5. The first-order valence-electron chi connectivity index (χ1n) is 7.69. The number of carbonyl (C=O) groups excluding carboxylic acids is 2. The van der Waals surface area contributed by atoms with Crippen LogP contribution in [0, 0.1) is 0 Å². The molecule has 3 amide bonds. The maximum atomic E-state index is 13.2. The Morgan fingerprint density at radius 3 is 2.35 bits per heavy atom. The van der Waals surface area contributed by atoms with E-state index in [0.717, 1.165) is 11.0 Å². The SMILES string of the molecule is CC1(c2ccccc2Cl)NC(=O)N(Cc2ccccc2C(F)(F)F)C1=O. The summed E-state index contributed by atoms with van der Waals surface area (Å²) in [7, 11) is 0. The number of hydrogen-bond donors (Lipinski definition) is 1. The van der Waals surface area contributed by atoms with Crippen LogP contribution in [0.2, 0.25) is 5.02 Å². The summed E-state index contributed by atoms with van der Waals surface area (Å²) in [5.41, 5.74) is -2.10. The van der Waals surface area contributed by atoms with Crippen LogP contribution in [0.25, 0.3) is 0 Å². The Hall–Kier alpha value is -2.54. The van der Waals surface area contributed by atoms with Gasteiger partial charge in [-0.25, -0.2) is 4.79 Å². The maximum absolute atomic E-state index is 13.2. The van der Waals surface area contributed by atoms with Crippen molar-refractivity contribution in [2.75, 3.05) is 0 Å². The van der Waals surface area contributed by atoms with E-state index >= 15 is 0 Å². The predicted octanol–water partition coefficient (Wildman–Crippen LogP) is 4.33. The zero-order valence-electron chi connectivity index (χ0n) is 13.6. The van der Waals surface area contributed by atoms with E-state index in [0.29, 0.717) is 5.56 Å². The molecule has 1 heterocycles. The van der Waals surface area contributed by atoms with Gasteiger partial charge in [-0.2, -0.15) is 13.2 Å². The lowest BCUT2D eigenvalue weighted by molar-refractivity contribution is -0.139. The number of alkyl halides is 3. The topological polar surface area (TPSA) is 49.4 Å². The van der Waals surface area contributed by atoms with E-state index in [1.165, 1.54) is 25.1 Å². The normalized spacial score (nSPS) is 20.4. The van der Waals surface area contributed by atoms with E-state index in [1.807, 2.05) is 0 Å². The molecule has 1 aliphatic heterocycles. The summed E-state index contributed by atoms with van der Waals surface area (Å²) >= 11 is 6.13. The molecule has 3 rings (SSSR count). The number of nitrogens with one attached hydrogen (secondary N) is 1. The number of nitrogens with zero attached hydrogens (tertiary/aromatic N) is 1. The number of rotatable bonds is 3. The Labute approximate surface area is 152 Å². The van der Waals surface area contributed by atoms with Crippen molar-refractivity contribution < 1.29 is 22.8 Å². The van der Waals surface area contributed by atoms with Gasteiger partial charge in [-0.1, -0.05) is 48.0 Å². The van der Waals surface area contributed by atoms with Crippen LogP contribution in [0.5, 0.6) is 0 Å². The molecule has 0 spiro atoms. The minimum Gasteiger partial charge on any atom is -0.319 e. The Kier molecular flexibility index (Phi) is 4.44. The molecule has 1 atom stereocenters. The number of halogens is 4. The number of benzene rings is 2. The summed E-state index contributed by atoms with van der Waals surface area (Å²) in [6, 6.07) is 10.6. The molecule has 2 aromatic rings. The van der Waals surface area contributed by atoms with E-state index in [-0.39, 0.29) is 10.6 Å². The van der Waals surface area contributed by atoms with Crippen LogP contribution in [-0.4, -0.2) is 16.8 Å². The van der Waals surface area contributed by atoms with Crippen molar-refractivity contribution in [3.63, 3.8) is 0 Å². The van der Waals surface area contributed by atoms with Gasteiger partial charge in [0.15, 0.2) is 0 Å². The third-order valence-corrected chi connectivity index (χ3v) is 4.67. The van der Waals surface area contributed by atoms with E-state index in [4.69, 9.17) is 11.6 Å². The summed E-state index contributed by atoms with van der Waals surface area (Å²) in [5.74, 6) is -0.660. The molecule has 0 radical (unpaired) electrons. The molecule has 136 valence electrons. The van der Waals surface area contributed by atoms with Gasteiger partial charge in [-0.05, 0) is 24.6 Å². The molecule has 1 unspecified atom stereocenters. The molecule has 4 nitrogen and oxygen atoms in total. The number of amides is 3. The van der Waals surface area contributed by atoms with Crippen molar-refractivity contribution in [3.05, 3.63) is 70.2 Å². The van der Waals surface area contributed by atoms with Crippen LogP contribution in [0.3, 0.4) is 0 Å². The van der Waals surface area contributed by atoms with Crippen LogP contribution >= 0.6 is 11.6 Å². The lowest BCUT2D eigenvalue weighted by Gasteiger charge is -2.23. The largest absolute Gasteiger partial charge is 0.416 e. The van der Waals surface area contributed by atoms with Crippen LogP contribution < -0.4 is 5.32 Å². The molecule has 0 saturated carbocycles. The third-order valence-electron chi connectivity index (χ3n) is 4.34. The van der Waals surface area contributed by atoms with Crippen molar-refractivity contribution in [3.8, 4) is 0 Å². The van der Waals surface area contributed by atoms with Crippen molar-refractivity contribution in [2.24, 2.45) is 0 Å². The molecule has 0 aliphatic carbocycles. The van der Waals surface area contributed by atoms with Crippen LogP contribution in [0.4, 0.5) is 18.0 Å². The summed E-state index contributed by atoms with van der Waals surface area (Å²) in [4.78, 5) is 26.0. The highest BCUT2D eigenvalue weighted by Crippen LogP contribution is 2.36. The minimum absolute atomic E-state index is 0.160. The Bertz CT molecular complexity index is 885. The Balaban J connectivity index is 1.96. The second-order valence-electron chi connectivity index (χ2n) is 6.08. The molecule has 0 aromatic heterocycles. The highest BCUT2D eigenvalue weighted by Gasteiger charge is 2.50. The highest BCUT2D eigenvalue weighted by atomic mass is 35.5. The summed E-state index contributed by atoms with van der Waals surface area (Å²) in [5, 5.41) is 2.82. The number of urea groups is 1. The molecular formula is C18H14ClF3N2O2. The fraction of sp³-hybridized carbons (Fsp3) is 0.222. The second-order valence-corrected chi connectivity index (χ2v) is 6.49. The number of hydrogen-bond acceptors (Lipinski definition) is 2. The maximum Gasteiger partial charge on any atom is 0.416 e. The fourth-order valence-electron chi connectivity index (χ4n) is 2.99. The second kappa shape index (κ2) is 6.32. The molecule has 1 saturated heterocycles. The third kappa shape index (κ3) is 3.03. The molecule has 0 bridgehead atoms. The van der Waals surface area contributed by atoms with Crippen molar-refractivity contribution in [1.82, 2.24) is 10.2 Å². The van der Waals surface area contributed by atoms with Gasteiger partial charge >= 0.3 is 12.2 Å². The van der Waals surface area contributed by atoms with Gasteiger partial charge in [0.25, 0.3) is 5.91 Å². The van der Waals surface area contributed by atoms with E-state index < -0.39 is 35.8 Å². The average Bonchev–Trinajstić information content (AvgIpc) is 2.79. The van der Waals surface area contributed by atoms with Gasteiger partial charge in [-0.15, -0.1) is 0 Å². The lowest BCUT2D eigenvalue weighted by atomic mass is 9.92. The monoisotopic (exact) mass is 382 g/mol. The van der Waals surface area contributed by atoms with Crippen LogP contribution in [0.1, 0.15) is 23.6 Å². The Morgan fingerprint density at radius 2 is 1.69 bits per heavy atom. The first-order valence-corrected chi connectivity index (χ1v) is 8.06. The van der Waals surface area contributed by atoms with Gasteiger partial charge < -0.3 is 5.32 Å². The van der Waals surface area contributed by atoms with Crippen molar-refractivity contribution in [2.45, 2.75) is 25.2 Å². The quantitative estimate of drug-likeness (QED) is 0.803. The summed E-state index contributed by atoms with van der Waals surface area (Å²) in [6.07, 6.45) is -4.58. The van der Waals surface area contributed by atoms with Gasteiger partial charge in [0.1, 0.15) is 5.54 Å². The van der Waals surface area contributed by atoms with Gasteiger partial charge in [-0.3, -0.25) is 9.69 Å². The predicted molar refractivity (Wildman–Crippen MR) is 89.3 cm³/mol. The zero-order valence-corrected chi connectivity index (χ0v) is 14.4. The van der Waals surface area contributed by atoms with Gasteiger partial charge in [0, 0.05) is 10.6 Å². The molecular weight excluding hydrogens is 369 g/mol. The molecule has 1 fully saturated rings. The molecule has 26 heavy (non-hydrogen) atoms. The van der Waals surface area contributed by atoms with Gasteiger partial charge in [0.05, 0.1) is 12.1 Å². The van der Waals surface area contributed by atoms with E-state index in [2.05, 4.69) is 5.32 Å². The zero-order chi connectivity index (χ0) is 19.1. The first-order chi connectivity index (χ1) is 12.1. The van der Waals surface area contributed by atoms with Crippen molar-refractivity contribution >= 4 is 23.5 Å². The fourth-order valence-corrected chi connectivity index (χ4v) is 3.32. The standard InChI is InChI=1S/C18H14ClF3N2O2/c1-17(13-8-4-5-9-14(13)19)15(25)24(16(26)23-17)10-11-6-2-3-7-12(11)18(20,21)22/h2-9H,10H2,1H3,(H,23,26). The van der Waals surface area contributed by atoms with E-state index in [9.17, 15) is 22.8 Å². The first kappa shape index (κ1) is 18.3. The molecule has 1 aliphatic rings. The number of carbonyl (C=O) groups is 2. The minimum atomic E-state index is -4.58. The molecule has 1 N–H and O–H groups in total. The van der Waals surface area contributed by atoms with E-state index in [1.54, 1.807) is 24.3 Å². The lowest BCUT2D eigenvalue weighted by Crippen LogP contribution is -2.41.